The molecule has 1 aromatic carbocycles. The third-order valence-electron chi connectivity index (χ3n) is 4.05. The normalized spacial score (nSPS) is 18.2. The van der Waals surface area contributed by atoms with Crippen LogP contribution >= 0.6 is 0 Å². The van der Waals surface area contributed by atoms with E-state index < -0.39 is 6.04 Å². The van der Waals surface area contributed by atoms with Gasteiger partial charge in [-0.1, -0.05) is 24.3 Å². The van der Waals surface area contributed by atoms with E-state index in [2.05, 4.69) is 4.98 Å². The summed E-state index contributed by atoms with van der Waals surface area (Å²) in [5.41, 5.74) is 1.15. The summed E-state index contributed by atoms with van der Waals surface area (Å²) >= 11 is 0. The second kappa shape index (κ2) is 6.13. The van der Waals surface area contributed by atoms with E-state index in [0.717, 1.165) is 23.7 Å². The number of carbonyl (C=O) groups excluding carboxylic acids is 2. The number of para-hydroxylation sites is 1. The maximum Gasteiger partial charge on any atom is 0.328 e. The number of hydrogen-bond acceptors (Lipinski definition) is 4. The fraction of sp³-hybridized carbons (Fsp3) is 0.353. The second-order valence-corrected chi connectivity index (χ2v) is 5.42. The van der Waals surface area contributed by atoms with Gasteiger partial charge in [-0.15, -0.1) is 0 Å². The molecule has 3 rings (SSSR count). The number of esters is 1. The molecule has 22 heavy (non-hydrogen) atoms. The Morgan fingerprint density at radius 3 is 2.82 bits per heavy atom. The van der Waals surface area contributed by atoms with Crippen LogP contribution in [0.4, 0.5) is 0 Å². The molecule has 0 radical (unpaired) electrons. The zero-order valence-corrected chi connectivity index (χ0v) is 12.5. The second-order valence-electron chi connectivity index (χ2n) is 5.42. The lowest BCUT2D eigenvalue weighted by molar-refractivity contribution is -0.147. The molecule has 5 heteroatoms. The van der Waals surface area contributed by atoms with Crippen LogP contribution in [-0.4, -0.2) is 41.5 Å². The molecule has 114 valence electrons. The number of benzene rings is 1. The minimum absolute atomic E-state index is 0.208. The van der Waals surface area contributed by atoms with E-state index >= 15 is 0 Å². The van der Waals surface area contributed by atoms with Crippen LogP contribution in [-0.2, 0) is 9.53 Å². The first-order valence-corrected chi connectivity index (χ1v) is 7.45. The van der Waals surface area contributed by atoms with Gasteiger partial charge in [0, 0.05) is 11.9 Å². The topological polar surface area (TPSA) is 59.5 Å². The molecule has 5 nitrogen and oxygen atoms in total. The summed E-state index contributed by atoms with van der Waals surface area (Å²) in [5, 5.41) is 0.988. The van der Waals surface area contributed by atoms with E-state index in [9.17, 15) is 9.59 Å². The fourth-order valence-electron chi connectivity index (χ4n) is 2.89. The molecule has 1 aliphatic heterocycles. The number of fused-ring (bicyclic) bond motifs is 1. The lowest BCUT2D eigenvalue weighted by atomic mass is 10.0. The van der Waals surface area contributed by atoms with Crippen molar-refractivity contribution < 1.29 is 14.3 Å². The van der Waals surface area contributed by atoms with Gasteiger partial charge < -0.3 is 9.64 Å². The number of hydrogen-bond donors (Lipinski definition) is 0. The van der Waals surface area contributed by atoms with Crippen molar-refractivity contribution in [2.75, 3.05) is 13.7 Å². The molecule has 1 aliphatic rings. The van der Waals surface area contributed by atoms with Gasteiger partial charge in [0.1, 0.15) is 11.7 Å². The van der Waals surface area contributed by atoms with E-state index in [-0.39, 0.29) is 11.9 Å². The van der Waals surface area contributed by atoms with Crippen LogP contribution in [0, 0.1) is 0 Å². The van der Waals surface area contributed by atoms with E-state index in [1.807, 2.05) is 30.3 Å². The molecule has 0 unspecified atom stereocenters. The average Bonchev–Trinajstić information content (AvgIpc) is 2.60. The van der Waals surface area contributed by atoms with Gasteiger partial charge in [0.2, 0.25) is 0 Å². The van der Waals surface area contributed by atoms with Gasteiger partial charge in [0.05, 0.1) is 12.6 Å². The number of amides is 1. The summed E-state index contributed by atoms with van der Waals surface area (Å²) in [6.45, 7) is 0.563. The summed E-state index contributed by atoms with van der Waals surface area (Å²) in [7, 11) is 1.36. The molecule has 1 aromatic heterocycles. The maximum absolute atomic E-state index is 12.7. The first-order chi connectivity index (χ1) is 10.7. The molecular formula is C17H18N2O3. The first-order valence-electron chi connectivity index (χ1n) is 7.45. The van der Waals surface area contributed by atoms with Gasteiger partial charge in [-0.05, 0) is 31.4 Å². The Morgan fingerprint density at radius 2 is 2.00 bits per heavy atom. The molecule has 2 heterocycles. The number of aromatic nitrogens is 1. The number of ether oxygens (including phenoxy) is 1. The van der Waals surface area contributed by atoms with Crippen LogP contribution in [0.2, 0.25) is 0 Å². The molecule has 1 fully saturated rings. The van der Waals surface area contributed by atoms with Crippen LogP contribution in [0.3, 0.4) is 0 Å². The minimum Gasteiger partial charge on any atom is -0.467 e. The van der Waals surface area contributed by atoms with Crippen molar-refractivity contribution in [3.8, 4) is 0 Å². The molecular weight excluding hydrogens is 280 g/mol. The standard InChI is InChI=1S/C17H18N2O3/c1-22-17(21)15-8-4-5-11-19(15)16(20)14-10-9-12-6-2-3-7-13(12)18-14/h2-3,6-7,9-10,15H,4-5,8,11H2,1H3/t15-/m1/s1. The number of piperidine rings is 1. The SMILES string of the molecule is COC(=O)[C@H]1CCCCN1C(=O)c1ccc2ccccc2n1. The van der Waals surface area contributed by atoms with Crippen molar-refractivity contribution >= 4 is 22.8 Å². The van der Waals surface area contributed by atoms with Crippen molar-refractivity contribution in [2.45, 2.75) is 25.3 Å². The Hall–Kier alpha value is -2.43. The predicted molar refractivity (Wildman–Crippen MR) is 82.4 cm³/mol. The van der Waals surface area contributed by atoms with Crippen molar-refractivity contribution in [2.24, 2.45) is 0 Å². The molecule has 0 bridgehead atoms. The first kappa shape index (κ1) is 14.5. The highest BCUT2D eigenvalue weighted by Crippen LogP contribution is 2.21. The van der Waals surface area contributed by atoms with Crippen LogP contribution in [0.15, 0.2) is 36.4 Å². The summed E-state index contributed by atoms with van der Waals surface area (Å²) in [6.07, 6.45) is 2.47. The quantitative estimate of drug-likeness (QED) is 0.799. The summed E-state index contributed by atoms with van der Waals surface area (Å²) in [5.74, 6) is -0.560. The Morgan fingerprint density at radius 1 is 1.18 bits per heavy atom. The highest BCUT2D eigenvalue weighted by atomic mass is 16.5. The van der Waals surface area contributed by atoms with Gasteiger partial charge in [0.25, 0.3) is 5.91 Å². The maximum atomic E-state index is 12.7. The highest BCUT2D eigenvalue weighted by molar-refractivity contribution is 5.97. The van der Waals surface area contributed by atoms with Crippen molar-refractivity contribution in [3.05, 3.63) is 42.1 Å². The lowest BCUT2D eigenvalue weighted by Crippen LogP contribution is -2.48. The molecule has 0 spiro atoms. The van der Waals surface area contributed by atoms with Gasteiger partial charge in [-0.25, -0.2) is 9.78 Å². The zero-order chi connectivity index (χ0) is 15.5. The number of pyridine rings is 1. The third-order valence-corrected chi connectivity index (χ3v) is 4.05. The molecule has 1 atom stereocenters. The lowest BCUT2D eigenvalue weighted by Gasteiger charge is -2.33. The number of likely N-dealkylation sites (tertiary alicyclic amines) is 1. The van der Waals surface area contributed by atoms with Crippen LogP contribution in [0.5, 0.6) is 0 Å². The van der Waals surface area contributed by atoms with Crippen molar-refractivity contribution in [3.63, 3.8) is 0 Å². The van der Waals surface area contributed by atoms with Crippen molar-refractivity contribution in [1.29, 1.82) is 0 Å². The number of rotatable bonds is 2. The molecule has 1 saturated heterocycles. The summed E-state index contributed by atoms with van der Waals surface area (Å²) < 4.78 is 4.82. The van der Waals surface area contributed by atoms with Crippen LogP contribution in [0.1, 0.15) is 29.8 Å². The van der Waals surface area contributed by atoms with Crippen molar-refractivity contribution in [1.82, 2.24) is 9.88 Å². The predicted octanol–water partition coefficient (Wildman–Crippen LogP) is 2.40. The number of carbonyl (C=O) groups is 2. The minimum atomic E-state index is -0.500. The summed E-state index contributed by atoms with van der Waals surface area (Å²) in [6, 6.07) is 10.7. The third kappa shape index (κ3) is 2.66. The van der Waals surface area contributed by atoms with Gasteiger partial charge in [-0.3, -0.25) is 4.79 Å². The number of methoxy groups -OCH3 is 1. The average molecular weight is 298 g/mol. The monoisotopic (exact) mass is 298 g/mol. The Bertz CT molecular complexity index is 714. The Labute approximate surface area is 128 Å². The largest absolute Gasteiger partial charge is 0.467 e. The van der Waals surface area contributed by atoms with E-state index in [4.69, 9.17) is 4.74 Å². The van der Waals surface area contributed by atoms with Crippen LogP contribution in [0.25, 0.3) is 10.9 Å². The Balaban J connectivity index is 1.91. The fourth-order valence-corrected chi connectivity index (χ4v) is 2.89. The van der Waals surface area contributed by atoms with Gasteiger partial charge >= 0.3 is 5.97 Å². The zero-order valence-electron chi connectivity index (χ0n) is 12.5. The molecule has 0 saturated carbocycles. The van der Waals surface area contributed by atoms with E-state index in [0.29, 0.717) is 18.7 Å². The molecule has 0 N–H and O–H groups in total. The highest BCUT2D eigenvalue weighted by Gasteiger charge is 2.33. The molecule has 1 amide bonds. The number of nitrogens with zero attached hydrogens (tertiary/aromatic N) is 2. The molecule has 2 aromatic rings. The van der Waals surface area contributed by atoms with E-state index in [1.165, 1.54) is 7.11 Å². The van der Waals surface area contributed by atoms with Gasteiger partial charge in [0.15, 0.2) is 0 Å². The Kier molecular flexibility index (Phi) is 4.04. The summed E-state index contributed by atoms with van der Waals surface area (Å²) in [4.78, 5) is 30.6. The van der Waals surface area contributed by atoms with E-state index in [1.54, 1.807) is 11.0 Å². The molecule has 0 aliphatic carbocycles. The smallest absolute Gasteiger partial charge is 0.328 e. The van der Waals surface area contributed by atoms with Gasteiger partial charge in [-0.2, -0.15) is 0 Å². The van der Waals surface area contributed by atoms with Crippen LogP contribution < -0.4 is 0 Å².